The van der Waals surface area contributed by atoms with E-state index < -0.39 is 11.6 Å². The van der Waals surface area contributed by atoms with Gasteiger partial charge in [-0.05, 0) is 38.1 Å². The van der Waals surface area contributed by atoms with Crippen LogP contribution in [0.5, 0.6) is 0 Å². The number of hydrogen-bond donors (Lipinski definition) is 0. The molecule has 0 saturated carbocycles. The predicted octanol–water partition coefficient (Wildman–Crippen LogP) is 4.56. The molecule has 3 aromatic rings. The Morgan fingerprint density at radius 2 is 2.05 bits per heavy atom. The fraction of sp³-hybridized carbons (Fsp3) is 0.267. The van der Waals surface area contributed by atoms with E-state index in [2.05, 4.69) is 4.98 Å². The number of nitrogens with zero attached hydrogens (tertiary/aromatic N) is 2. The van der Waals surface area contributed by atoms with Crippen LogP contribution in [-0.2, 0) is 5.88 Å². The lowest BCUT2D eigenvalue weighted by Gasteiger charge is -2.15. The summed E-state index contributed by atoms with van der Waals surface area (Å²) < 4.78 is 34.9. The van der Waals surface area contributed by atoms with Gasteiger partial charge in [0.15, 0.2) is 11.6 Å². The summed E-state index contributed by atoms with van der Waals surface area (Å²) >= 11 is 5.90. The first-order valence-electron chi connectivity index (χ1n) is 6.50. The van der Waals surface area contributed by atoms with Crippen LogP contribution < -0.4 is 0 Å². The number of furan rings is 1. The van der Waals surface area contributed by atoms with E-state index in [1.807, 2.05) is 19.9 Å². The summed E-state index contributed by atoms with van der Waals surface area (Å²) in [6, 6.07) is 5.80. The van der Waals surface area contributed by atoms with Crippen LogP contribution in [0.4, 0.5) is 8.78 Å². The molecular formula is C15H13ClF2N2O. The van der Waals surface area contributed by atoms with Crippen molar-refractivity contribution in [3.8, 4) is 0 Å². The number of fused-ring (bicyclic) bond motifs is 1. The Morgan fingerprint density at radius 3 is 2.67 bits per heavy atom. The first-order valence-corrected chi connectivity index (χ1v) is 7.03. The zero-order valence-electron chi connectivity index (χ0n) is 11.5. The van der Waals surface area contributed by atoms with Gasteiger partial charge in [0.1, 0.15) is 22.9 Å². The minimum Gasteiger partial charge on any atom is -0.464 e. The van der Waals surface area contributed by atoms with Gasteiger partial charge < -0.3 is 8.98 Å². The topological polar surface area (TPSA) is 31.0 Å². The van der Waals surface area contributed by atoms with E-state index in [0.29, 0.717) is 17.1 Å². The molecule has 0 N–H and O–H groups in total. The molecule has 3 rings (SSSR count). The summed E-state index contributed by atoms with van der Waals surface area (Å²) in [4.78, 5) is 4.27. The quantitative estimate of drug-likeness (QED) is 0.664. The molecule has 1 atom stereocenters. The van der Waals surface area contributed by atoms with Crippen LogP contribution in [0.15, 0.2) is 28.7 Å². The third-order valence-corrected chi connectivity index (χ3v) is 3.73. The lowest BCUT2D eigenvalue weighted by atomic mass is 10.2. The van der Waals surface area contributed by atoms with E-state index in [0.717, 1.165) is 11.8 Å². The van der Waals surface area contributed by atoms with Crippen molar-refractivity contribution in [2.45, 2.75) is 25.8 Å². The summed E-state index contributed by atoms with van der Waals surface area (Å²) in [5.41, 5.74) is 0.479. The third-order valence-electron chi connectivity index (χ3n) is 3.50. The van der Waals surface area contributed by atoms with Crippen LogP contribution in [0.2, 0.25) is 0 Å². The number of aromatic nitrogens is 2. The number of hydrogen-bond acceptors (Lipinski definition) is 2. The van der Waals surface area contributed by atoms with Crippen molar-refractivity contribution in [3.05, 3.63) is 53.2 Å². The molecule has 3 nitrogen and oxygen atoms in total. The summed E-state index contributed by atoms with van der Waals surface area (Å²) in [5, 5.41) is 0. The van der Waals surface area contributed by atoms with E-state index in [1.165, 1.54) is 6.07 Å². The van der Waals surface area contributed by atoms with Crippen molar-refractivity contribution in [1.82, 2.24) is 9.55 Å². The van der Waals surface area contributed by atoms with Crippen LogP contribution in [0, 0.1) is 18.6 Å². The largest absolute Gasteiger partial charge is 0.464 e. The van der Waals surface area contributed by atoms with Crippen molar-refractivity contribution in [1.29, 1.82) is 0 Å². The van der Waals surface area contributed by atoms with Crippen LogP contribution in [0.3, 0.4) is 0 Å². The molecule has 0 amide bonds. The number of benzene rings is 1. The van der Waals surface area contributed by atoms with E-state index in [-0.39, 0.29) is 17.4 Å². The summed E-state index contributed by atoms with van der Waals surface area (Å²) in [7, 11) is 0. The van der Waals surface area contributed by atoms with Gasteiger partial charge in [0.2, 0.25) is 0 Å². The maximum absolute atomic E-state index is 14.2. The molecule has 110 valence electrons. The normalized spacial score (nSPS) is 13.0. The molecule has 0 radical (unpaired) electrons. The fourth-order valence-electron chi connectivity index (χ4n) is 2.49. The summed E-state index contributed by atoms with van der Waals surface area (Å²) in [6.45, 7) is 3.66. The monoisotopic (exact) mass is 310 g/mol. The SMILES string of the molecule is Cc1ccc(C(C)n2c(CCl)nc3ccc(F)c(F)c32)o1. The van der Waals surface area contributed by atoms with Crippen LogP contribution in [0.25, 0.3) is 11.0 Å². The Labute approximate surface area is 125 Å². The number of halogens is 3. The smallest absolute Gasteiger partial charge is 0.184 e. The molecule has 0 aliphatic carbocycles. The predicted molar refractivity (Wildman–Crippen MR) is 76.5 cm³/mol. The van der Waals surface area contributed by atoms with Crippen LogP contribution in [0.1, 0.15) is 30.3 Å². The molecule has 6 heteroatoms. The standard InChI is InChI=1S/C15H13ClF2N2O/c1-8-3-6-12(21-8)9(2)20-13(7-16)19-11-5-4-10(17)14(18)15(11)20/h3-6,9H,7H2,1-2H3. The highest BCUT2D eigenvalue weighted by molar-refractivity contribution is 6.16. The molecule has 0 spiro atoms. The minimum atomic E-state index is -0.925. The highest BCUT2D eigenvalue weighted by Crippen LogP contribution is 2.30. The van der Waals surface area contributed by atoms with Crippen molar-refractivity contribution in [2.24, 2.45) is 0 Å². The molecule has 21 heavy (non-hydrogen) atoms. The number of imidazole rings is 1. The zero-order valence-corrected chi connectivity index (χ0v) is 12.3. The van der Waals surface area contributed by atoms with Gasteiger partial charge in [-0.3, -0.25) is 0 Å². The van der Waals surface area contributed by atoms with Gasteiger partial charge in [-0.25, -0.2) is 13.8 Å². The van der Waals surface area contributed by atoms with Crippen molar-refractivity contribution in [3.63, 3.8) is 0 Å². The van der Waals surface area contributed by atoms with E-state index in [9.17, 15) is 8.78 Å². The molecule has 1 aromatic carbocycles. The lowest BCUT2D eigenvalue weighted by Crippen LogP contribution is -2.10. The van der Waals surface area contributed by atoms with Crippen molar-refractivity contribution in [2.75, 3.05) is 0 Å². The molecule has 0 fully saturated rings. The molecule has 0 aliphatic heterocycles. The lowest BCUT2D eigenvalue weighted by molar-refractivity contribution is 0.426. The molecule has 0 aliphatic rings. The Morgan fingerprint density at radius 1 is 1.29 bits per heavy atom. The third kappa shape index (κ3) is 2.21. The van der Waals surface area contributed by atoms with Crippen LogP contribution >= 0.6 is 11.6 Å². The Hall–Kier alpha value is -1.88. The van der Waals surface area contributed by atoms with Gasteiger partial charge in [0, 0.05) is 0 Å². The fourth-order valence-corrected chi connectivity index (χ4v) is 2.68. The Bertz CT molecular complexity index is 809. The Kier molecular flexibility index (Phi) is 3.45. The second-order valence-electron chi connectivity index (χ2n) is 4.89. The van der Waals surface area contributed by atoms with E-state index >= 15 is 0 Å². The highest BCUT2D eigenvalue weighted by Gasteiger charge is 2.23. The van der Waals surface area contributed by atoms with Gasteiger partial charge in [0.25, 0.3) is 0 Å². The molecule has 0 bridgehead atoms. The molecule has 0 saturated heterocycles. The number of aryl methyl sites for hydroxylation is 1. The second-order valence-corrected chi connectivity index (χ2v) is 5.15. The second kappa shape index (κ2) is 5.15. The van der Waals surface area contributed by atoms with Gasteiger partial charge in [-0.1, -0.05) is 0 Å². The maximum Gasteiger partial charge on any atom is 0.184 e. The average molecular weight is 311 g/mol. The van der Waals surface area contributed by atoms with Gasteiger partial charge >= 0.3 is 0 Å². The van der Waals surface area contributed by atoms with Gasteiger partial charge in [-0.15, -0.1) is 11.6 Å². The van der Waals surface area contributed by atoms with Crippen LogP contribution in [-0.4, -0.2) is 9.55 Å². The zero-order chi connectivity index (χ0) is 15.1. The van der Waals surface area contributed by atoms with Crippen molar-refractivity contribution < 1.29 is 13.2 Å². The first kappa shape index (κ1) is 14.1. The van der Waals surface area contributed by atoms with Gasteiger partial charge in [-0.2, -0.15) is 0 Å². The molecule has 2 heterocycles. The van der Waals surface area contributed by atoms with Crippen molar-refractivity contribution >= 4 is 22.6 Å². The number of alkyl halides is 1. The Balaban J connectivity index is 2.27. The molecule has 2 aromatic heterocycles. The summed E-state index contributed by atoms with van der Waals surface area (Å²) in [6.07, 6.45) is 0. The first-order chi connectivity index (χ1) is 10.0. The average Bonchev–Trinajstić information content (AvgIpc) is 3.06. The summed E-state index contributed by atoms with van der Waals surface area (Å²) in [5.74, 6) is 0.124. The minimum absolute atomic E-state index is 0.0970. The van der Waals surface area contributed by atoms with Gasteiger partial charge in [0.05, 0.1) is 17.4 Å². The number of rotatable bonds is 3. The maximum atomic E-state index is 14.2. The highest BCUT2D eigenvalue weighted by atomic mass is 35.5. The van der Waals surface area contributed by atoms with E-state index in [4.69, 9.17) is 16.0 Å². The molecular weight excluding hydrogens is 298 g/mol. The molecule has 1 unspecified atom stereocenters. The van der Waals surface area contributed by atoms with E-state index in [1.54, 1.807) is 10.6 Å².